The van der Waals surface area contributed by atoms with Crippen molar-refractivity contribution >= 4 is 33.2 Å². The Labute approximate surface area is 149 Å². The Morgan fingerprint density at radius 1 is 1.29 bits per heavy atom. The molecule has 0 amide bonds. The van der Waals surface area contributed by atoms with Crippen molar-refractivity contribution in [2.24, 2.45) is 5.92 Å². The molecule has 0 spiro atoms. The predicted octanol–water partition coefficient (Wildman–Crippen LogP) is 2.87. The van der Waals surface area contributed by atoms with Gasteiger partial charge in [0.1, 0.15) is 5.75 Å². The molecule has 2 heterocycles. The molecule has 9 heteroatoms. The van der Waals surface area contributed by atoms with E-state index in [-0.39, 0.29) is 17.4 Å². The first-order chi connectivity index (χ1) is 11.5. The Balaban J connectivity index is 1.40. The first-order valence-corrected chi connectivity index (χ1v) is 10.7. The summed E-state index contributed by atoms with van der Waals surface area (Å²) in [5.41, 5.74) is 0. The lowest BCUT2D eigenvalue weighted by molar-refractivity contribution is 0.342. The number of rotatable bonds is 7. The Morgan fingerprint density at radius 2 is 2.08 bits per heavy atom. The van der Waals surface area contributed by atoms with Crippen LogP contribution in [0, 0.1) is 5.92 Å². The molecule has 0 aliphatic carbocycles. The van der Waals surface area contributed by atoms with Crippen LogP contribution in [-0.2, 0) is 16.3 Å². The second-order valence-corrected chi connectivity index (χ2v) is 9.30. The highest BCUT2D eigenvalue weighted by atomic mass is 35.5. The summed E-state index contributed by atoms with van der Waals surface area (Å²) in [5, 5.41) is 9.11. The van der Waals surface area contributed by atoms with Gasteiger partial charge in [-0.3, -0.25) is 0 Å². The summed E-state index contributed by atoms with van der Waals surface area (Å²) in [6.45, 7) is 0.505. The summed E-state index contributed by atoms with van der Waals surface area (Å²) >= 11 is 7.22. The molecular formula is C15H17ClN2O4S2. The Kier molecular flexibility index (Phi) is 5.68. The molecule has 24 heavy (non-hydrogen) atoms. The van der Waals surface area contributed by atoms with Gasteiger partial charge in [0.15, 0.2) is 9.84 Å². The molecule has 6 nitrogen and oxygen atoms in total. The zero-order valence-corrected chi connectivity index (χ0v) is 15.2. The second kappa shape index (κ2) is 7.76. The molecule has 1 aliphatic rings. The van der Waals surface area contributed by atoms with E-state index in [0.717, 1.165) is 5.75 Å². The Bertz CT molecular complexity index is 777. The topological polar surface area (TPSA) is 82.3 Å². The number of nitrogens with zero attached hydrogens (tertiary/aromatic N) is 2. The van der Waals surface area contributed by atoms with Gasteiger partial charge in [0, 0.05) is 17.2 Å². The number of benzene rings is 1. The van der Waals surface area contributed by atoms with E-state index in [9.17, 15) is 8.42 Å². The van der Waals surface area contributed by atoms with Crippen LogP contribution in [0.3, 0.4) is 0 Å². The van der Waals surface area contributed by atoms with Crippen molar-refractivity contribution in [1.29, 1.82) is 0 Å². The molecule has 130 valence electrons. The van der Waals surface area contributed by atoms with Crippen molar-refractivity contribution in [1.82, 2.24) is 10.2 Å². The summed E-state index contributed by atoms with van der Waals surface area (Å²) in [7, 11) is -2.88. The number of halogens is 1. The van der Waals surface area contributed by atoms with Gasteiger partial charge in [-0.25, -0.2) is 8.42 Å². The highest BCUT2D eigenvalue weighted by molar-refractivity contribution is 7.99. The van der Waals surface area contributed by atoms with Crippen LogP contribution in [0.5, 0.6) is 5.75 Å². The van der Waals surface area contributed by atoms with Gasteiger partial charge in [0.25, 0.3) is 5.22 Å². The van der Waals surface area contributed by atoms with E-state index in [0.29, 0.717) is 41.3 Å². The van der Waals surface area contributed by atoms with Crippen molar-refractivity contribution in [2.45, 2.75) is 18.1 Å². The molecule has 1 saturated heterocycles. The maximum atomic E-state index is 11.5. The largest absolute Gasteiger partial charge is 0.493 e. The summed E-state index contributed by atoms with van der Waals surface area (Å²) < 4.78 is 34.0. The smallest absolute Gasteiger partial charge is 0.276 e. The molecule has 0 N–H and O–H groups in total. The van der Waals surface area contributed by atoms with Crippen molar-refractivity contribution < 1.29 is 17.6 Å². The van der Waals surface area contributed by atoms with Crippen molar-refractivity contribution in [2.75, 3.05) is 23.9 Å². The maximum Gasteiger partial charge on any atom is 0.276 e. The van der Waals surface area contributed by atoms with Gasteiger partial charge in [-0.15, -0.1) is 10.2 Å². The number of hydrogen-bond acceptors (Lipinski definition) is 7. The van der Waals surface area contributed by atoms with Crippen molar-refractivity contribution in [3.8, 4) is 5.75 Å². The van der Waals surface area contributed by atoms with E-state index < -0.39 is 9.84 Å². The standard InChI is InChI=1S/C15H17ClN2O4S2/c16-12-1-3-13(4-2-12)21-6-7-23-15-18-17-14(22-15)9-11-5-8-24(19,20)10-11/h1-4,11H,5-10H2/t11-/m0/s1. The third-order valence-corrected chi connectivity index (χ3v) is 6.50. The molecule has 1 fully saturated rings. The zero-order chi connectivity index (χ0) is 17.0. The van der Waals surface area contributed by atoms with Crippen LogP contribution >= 0.6 is 23.4 Å². The fourth-order valence-electron chi connectivity index (χ4n) is 2.48. The van der Waals surface area contributed by atoms with E-state index >= 15 is 0 Å². The molecule has 0 saturated carbocycles. The monoisotopic (exact) mass is 388 g/mol. The van der Waals surface area contributed by atoms with Gasteiger partial charge in [-0.2, -0.15) is 0 Å². The number of aromatic nitrogens is 2. The molecular weight excluding hydrogens is 372 g/mol. The molecule has 1 atom stereocenters. The van der Waals surface area contributed by atoms with E-state index in [1.165, 1.54) is 11.8 Å². The van der Waals surface area contributed by atoms with Crippen LogP contribution in [0.1, 0.15) is 12.3 Å². The van der Waals surface area contributed by atoms with Crippen LogP contribution in [-0.4, -0.2) is 42.5 Å². The van der Waals surface area contributed by atoms with Crippen molar-refractivity contribution in [3.05, 3.63) is 35.2 Å². The fraction of sp³-hybridized carbons (Fsp3) is 0.467. The lowest BCUT2D eigenvalue weighted by Gasteiger charge is -2.04. The van der Waals surface area contributed by atoms with Gasteiger partial charge in [-0.05, 0) is 36.6 Å². The number of ether oxygens (including phenoxy) is 1. The van der Waals surface area contributed by atoms with Crippen LogP contribution in [0.4, 0.5) is 0 Å². The molecule has 0 bridgehead atoms. The summed E-state index contributed by atoms with van der Waals surface area (Å²) in [4.78, 5) is 0. The van der Waals surface area contributed by atoms with Gasteiger partial charge < -0.3 is 9.15 Å². The first kappa shape index (κ1) is 17.6. The first-order valence-electron chi connectivity index (χ1n) is 7.54. The molecule has 0 unspecified atom stereocenters. The maximum absolute atomic E-state index is 11.5. The Morgan fingerprint density at radius 3 is 2.79 bits per heavy atom. The lowest BCUT2D eigenvalue weighted by Crippen LogP contribution is -2.07. The van der Waals surface area contributed by atoms with Crippen LogP contribution in [0.15, 0.2) is 33.9 Å². The summed E-state index contributed by atoms with van der Waals surface area (Å²) in [5.74, 6) is 2.48. The number of hydrogen-bond donors (Lipinski definition) is 0. The van der Waals surface area contributed by atoms with Gasteiger partial charge in [0.2, 0.25) is 5.89 Å². The molecule has 3 rings (SSSR count). The quantitative estimate of drug-likeness (QED) is 0.532. The summed E-state index contributed by atoms with van der Waals surface area (Å²) in [6, 6.07) is 7.18. The molecule has 1 aliphatic heterocycles. The average Bonchev–Trinajstić information content (AvgIpc) is 3.12. The highest BCUT2D eigenvalue weighted by Gasteiger charge is 2.29. The minimum absolute atomic E-state index is 0.0848. The highest BCUT2D eigenvalue weighted by Crippen LogP contribution is 2.24. The average molecular weight is 389 g/mol. The second-order valence-electron chi connectivity index (χ2n) is 5.59. The third kappa shape index (κ3) is 5.12. The third-order valence-electron chi connectivity index (χ3n) is 3.63. The predicted molar refractivity (Wildman–Crippen MR) is 92.4 cm³/mol. The van der Waals surface area contributed by atoms with E-state index in [2.05, 4.69) is 10.2 Å². The van der Waals surface area contributed by atoms with E-state index in [1.807, 2.05) is 12.1 Å². The zero-order valence-electron chi connectivity index (χ0n) is 12.9. The SMILES string of the molecule is O=S1(=O)CC[C@@H](Cc2nnc(SCCOc3ccc(Cl)cc3)o2)C1. The minimum atomic E-state index is -2.88. The van der Waals surface area contributed by atoms with Gasteiger partial charge in [-0.1, -0.05) is 23.4 Å². The number of sulfone groups is 1. The summed E-state index contributed by atoms with van der Waals surface area (Å²) in [6.07, 6.45) is 1.19. The van der Waals surface area contributed by atoms with Gasteiger partial charge >= 0.3 is 0 Å². The van der Waals surface area contributed by atoms with Crippen LogP contribution in [0.2, 0.25) is 5.02 Å². The lowest BCUT2D eigenvalue weighted by atomic mass is 10.1. The molecule has 0 radical (unpaired) electrons. The van der Waals surface area contributed by atoms with Gasteiger partial charge in [0.05, 0.1) is 18.1 Å². The minimum Gasteiger partial charge on any atom is -0.493 e. The molecule has 2 aromatic rings. The number of thioether (sulfide) groups is 1. The molecule has 1 aromatic carbocycles. The molecule has 1 aromatic heterocycles. The fourth-order valence-corrected chi connectivity index (χ4v) is 5.06. The Hall–Kier alpha value is -1.25. The normalized spacial score (nSPS) is 19.5. The van der Waals surface area contributed by atoms with Crippen LogP contribution in [0.25, 0.3) is 0 Å². The van der Waals surface area contributed by atoms with E-state index in [4.69, 9.17) is 20.8 Å². The van der Waals surface area contributed by atoms with Crippen molar-refractivity contribution in [3.63, 3.8) is 0 Å². The van der Waals surface area contributed by atoms with Crippen LogP contribution < -0.4 is 4.74 Å². The van der Waals surface area contributed by atoms with E-state index in [1.54, 1.807) is 12.1 Å².